The molecule has 160 valence electrons. The van der Waals surface area contributed by atoms with Crippen LogP contribution in [0.3, 0.4) is 0 Å². The Morgan fingerprint density at radius 3 is 2.88 bits per heavy atom. The third kappa shape index (κ3) is 4.12. The lowest BCUT2D eigenvalue weighted by molar-refractivity contribution is 0.170. The Hall–Kier alpha value is -3.55. The summed E-state index contributed by atoms with van der Waals surface area (Å²) >= 11 is 9.30. The van der Waals surface area contributed by atoms with E-state index in [1.165, 1.54) is 31.5 Å². The lowest BCUT2D eigenvalue weighted by atomic mass is 10.1. The third-order valence-corrected chi connectivity index (χ3v) is 5.33. The normalized spacial score (nSPS) is 10.7. The van der Waals surface area contributed by atoms with E-state index in [0.717, 1.165) is 4.68 Å². The monoisotopic (exact) mass is 515 g/mol. The molecule has 2 aromatic carbocycles. The largest absolute Gasteiger partial charge is 0.453 e. The van der Waals surface area contributed by atoms with Crippen LogP contribution in [0.15, 0.2) is 47.1 Å². The Morgan fingerprint density at radius 2 is 2.12 bits per heavy atom. The Bertz CT molecular complexity index is 1400. The highest BCUT2D eigenvalue weighted by atomic mass is 79.9. The molecule has 0 saturated carbocycles. The second kappa shape index (κ2) is 8.90. The highest BCUT2D eigenvalue weighted by molar-refractivity contribution is 9.10. The smallest absolute Gasteiger partial charge is 0.436 e. The molecule has 0 aliphatic rings. The van der Waals surface area contributed by atoms with E-state index in [1.807, 2.05) is 6.07 Å². The number of carbonyl (C=O) groups excluding carboxylic acids is 1. The van der Waals surface area contributed by atoms with Crippen LogP contribution in [0.2, 0.25) is 5.02 Å². The topological polar surface area (TPSA) is 103 Å². The molecule has 0 atom stereocenters. The SMILES string of the molecule is COC(=O)n1nc(Cc2ccc(Br)c(Oc3cc(Cl)cc(C#N)c3)c2F)c2ccnnc21. The van der Waals surface area contributed by atoms with Crippen molar-refractivity contribution >= 4 is 44.7 Å². The van der Waals surface area contributed by atoms with E-state index in [1.54, 1.807) is 18.2 Å². The van der Waals surface area contributed by atoms with Crippen molar-refractivity contribution in [1.82, 2.24) is 20.0 Å². The molecule has 0 bridgehead atoms. The van der Waals surface area contributed by atoms with Gasteiger partial charge in [-0.3, -0.25) is 0 Å². The van der Waals surface area contributed by atoms with Gasteiger partial charge < -0.3 is 9.47 Å². The van der Waals surface area contributed by atoms with Crippen molar-refractivity contribution < 1.29 is 18.7 Å². The second-order valence-electron chi connectivity index (χ2n) is 6.51. The number of methoxy groups -OCH3 is 1. The first-order chi connectivity index (χ1) is 15.4. The van der Waals surface area contributed by atoms with Gasteiger partial charge in [0.2, 0.25) is 0 Å². The minimum absolute atomic E-state index is 0.0423. The molecule has 4 rings (SSSR count). The zero-order valence-electron chi connectivity index (χ0n) is 16.3. The highest BCUT2D eigenvalue weighted by Gasteiger charge is 2.21. The number of hydrogen-bond acceptors (Lipinski definition) is 7. The Morgan fingerprint density at radius 1 is 1.31 bits per heavy atom. The van der Waals surface area contributed by atoms with Crippen molar-refractivity contribution in [3.05, 3.63) is 74.7 Å². The van der Waals surface area contributed by atoms with Gasteiger partial charge in [0.25, 0.3) is 0 Å². The molecule has 11 heteroatoms. The number of hydrogen-bond donors (Lipinski definition) is 0. The first kappa shape index (κ1) is 21.7. The van der Waals surface area contributed by atoms with E-state index in [-0.39, 0.29) is 39.7 Å². The Kier molecular flexibility index (Phi) is 6.03. The fourth-order valence-electron chi connectivity index (χ4n) is 3.06. The molecule has 0 N–H and O–H groups in total. The fourth-order valence-corrected chi connectivity index (χ4v) is 3.67. The average Bonchev–Trinajstić information content (AvgIpc) is 3.16. The van der Waals surface area contributed by atoms with E-state index in [2.05, 4.69) is 31.2 Å². The number of benzene rings is 2. The summed E-state index contributed by atoms with van der Waals surface area (Å²) in [5.41, 5.74) is 1.15. The maximum Gasteiger partial charge on any atom is 0.436 e. The number of carbonyl (C=O) groups is 1. The molecular weight excluding hydrogens is 505 g/mol. The van der Waals surface area contributed by atoms with Gasteiger partial charge in [-0.15, -0.1) is 9.78 Å². The number of rotatable bonds is 4. The third-order valence-electron chi connectivity index (χ3n) is 4.49. The van der Waals surface area contributed by atoms with Crippen molar-refractivity contribution in [2.45, 2.75) is 6.42 Å². The highest BCUT2D eigenvalue weighted by Crippen LogP contribution is 2.36. The van der Waals surface area contributed by atoms with Gasteiger partial charge >= 0.3 is 6.09 Å². The molecule has 0 fully saturated rings. The summed E-state index contributed by atoms with van der Waals surface area (Å²) in [6.07, 6.45) is 0.755. The first-order valence-corrected chi connectivity index (χ1v) is 10.2. The molecule has 2 heterocycles. The summed E-state index contributed by atoms with van der Waals surface area (Å²) in [5.74, 6) is -0.507. The molecule has 0 radical (unpaired) electrons. The second-order valence-corrected chi connectivity index (χ2v) is 7.80. The molecular formula is C21H12BrClFN5O3. The van der Waals surface area contributed by atoms with E-state index >= 15 is 4.39 Å². The van der Waals surface area contributed by atoms with Crippen LogP contribution in [0.25, 0.3) is 11.0 Å². The number of aromatic nitrogens is 4. The minimum atomic E-state index is -0.740. The van der Waals surface area contributed by atoms with Crippen molar-refractivity contribution in [2.24, 2.45) is 0 Å². The van der Waals surface area contributed by atoms with Gasteiger partial charge in [-0.2, -0.15) is 15.5 Å². The number of halogens is 3. The van der Waals surface area contributed by atoms with Gasteiger partial charge in [0.05, 0.1) is 35.1 Å². The number of nitriles is 1. The van der Waals surface area contributed by atoms with Crippen molar-refractivity contribution in [3.63, 3.8) is 0 Å². The van der Waals surface area contributed by atoms with E-state index in [0.29, 0.717) is 15.6 Å². The number of ether oxygens (including phenoxy) is 2. The predicted octanol–water partition coefficient (Wildman–Crippen LogP) is 5.25. The van der Waals surface area contributed by atoms with Crippen LogP contribution >= 0.6 is 27.5 Å². The molecule has 0 aliphatic heterocycles. The Labute approximate surface area is 194 Å². The van der Waals surface area contributed by atoms with Crippen LogP contribution in [-0.2, 0) is 11.2 Å². The van der Waals surface area contributed by atoms with Gasteiger partial charge in [0.1, 0.15) is 5.75 Å². The summed E-state index contributed by atoms with van der Waals surface area (Å²) in [6, 6.07) is 11.2. The molecule has 8 nitrogen and oxygen atoms in total. The van der Waals surface area contributed by atoms with Crippen LogP contribution in [0.5, 0.6) is 11.5 Å². The summed E-state index contributed by atoms with van der Waals surface area (Å²) in [4.78, 5) is 12.0. The fraction of sp³-hybridized carbons (Fsp3) is 0.0952. The van der Waals surface area contributed by atoms with Crippen molar-refractivity contribution in [3.8, 4) is 17.6 Å². The molecule has 0 spiro atoms. The molecule has 0 saturated heterocycles. The molecule has 0 aliphatic carbocycles. The first-order valence-electron chi connectivity index (χ1n) is 9.04. The number of fused-ring (bicyclic) bond motifs is 1. The molecule has 0 amide bonds. The molecule has 32 heavy (non-hydrogen) atoms. The van der Waals surface area contributed by atoms with E-state index in [4.69, 9.17) is 26.3 Å². The predicted molar refractivity (Wildman–Crippen MR) is 116 cm³/mol. The average molecular weight is 517 g/mol. The van der Waals surface area contributed by atoms with Gasteiger partial charge in [-0.25, -0.2) is 9.18 Å². The Balaban J connectivity index is 1.74. The van der Waals surface area contributed by atoms with Crippen LogP contribution in [0.4, 0.5) is 9.18 Å². The van der Waals surface area contributed by atoms with E-state index in [9.17, 15) is 4.79 Å². The van der Waals surface area contributed by atoms with Crippen molar-refractivity contribution in [2.75, 3.05) is 7.11 Å². The molecule has 0 unspecified atom stereocenters. The minimum Gasteiger partial charge on any atom is -0.453 e. The lowest BCUT2D eigenvalue weighted by Gasteiger charge is -2.12. The van der Waals surface area contributed by atoms with Gasteiger partial charge in [0.15, 0.2) is 17.2 Å². The summed E-state index contributed by atoms with van der Waals surface area (Å²) in [7, 11) is 1.22. The zero-order valence-corrected chi connectivity index (χ0v) is 18.7. The van der Waals surface area contributed by atoms with Crippen molar-refractivity contribution in [1.29, 1.82) is 5.26 Å². The van der Waals surface area contributed by atoms with Crippen LogP contribution in [0.1, 0.15) is 16.8 Å². The van der Waals surface area contributed by atoms with Crippen LogP contribution in [-0.4, -0.2) is 33.2 Å². The van der Waals surface area contributed by atoms with Crippen LogP contribution in [0, 0.1) is 17.1 Å². The quantitative estimate of drug-likeness (QED) is 0.365. The molecule has 4 aromatic rings. The maximum atomic E-state index is 15.4. The maximum absolute atomic E-state index is 15.4. The lowest BCUT2D eigenvalue weighted by Crippen LogP contribution is -2.14. The van der Waals surface area contributed by atoms with Crippen LogP contribution < -0.4 is 4.74 Å². The summed E-state index contributed by atoms with van der Waals surface area (Å²) in [5, 5.41) is 21.9. The summed E-state index contributed by atoms with van der Waals surface area (Å²) in [6.45, 7) is 0. The number of nitrogens with zero attached hydrogens (tertiary/aromatic N) is 5. The van der Waals surface area contributed by atoms with Gasteiger partial charge in [0, 0.05) is 16.8 Å². The summed E-state index contributed by atoms with van der Waals surface area (Å²) < 4.78 is 27.2. The van der Waals surface area contributed by atoms with Gasteiger partial charge in [-0.05, 0) is 51.8 Å². The van der Waals surface area contributed by atoms with E-state index < -0.39 is 11.9 Å². The standard InChI is InChI=1S/C21H12BrClFN5O3/c1-31-21(30)29-20-15(4-5-26-27-20)17(28-29)8-12-2-3-16(22)19(18(12)24)32-14-7-11(10-25)6-13(23)9-14/h2-7,9H,8H2,1H3. The zero-order chi connectivity index (χ0) is 22.8. The van der Waals surface area contributed by atoms with Gasteiger partial charge in [-0.1, -0.05) is 17.7 Å². The molecule has 2 aromatic heterocycles.